The summed E-state index contributed by atoms with van der Waals surface area (Å²) in [6.45, 7) is 10.9. The molecule has 0 N–H and O–H groups in total. The molecule has 0 aromatic rings. The van der Waals surface area contributed by atoms with Gasteiger partial charge in [0, 0.05) is 9.34 Å². The molecule has 0 rings (SSSR count). The molecular weight excluding hydrogens is 309 g/mol. The van der Waals surface area contributed by atoms with Crippen molar-refractivity contribution >= 4 is 22.6 Å². The van der Waals surface area contributed by atoms with Crippen LogP contribution in [0.15, 0.2) is 12.2 Å². The molecule has 0 aromatic heterocycles. The molecule has 0 heterocycles. The first-order chi connectivity index (χ1) is 7.16. The summed E-state index contributed by atoms with van der Waals surface area (Å²) in [5.74, 6) is 0.157. The van der Waals surface area contributed by atoms with Gasteiger partial charge in [-0.3, -0.25) is 0 Å². The molecule has 0 aliphatic carbocycles. The number of hydrogen-bond donors (Lipinski definition) is 0. The highest BCUT2D eigenvalue weighted by Crippen LogP contribution is 2.30. The smallest absolute Gasteiger partial charge is 0.0653 e. The van der Waals surface area contributed by atoms with Crippen molar-refractivity contribution in [2.45, 2.75) is 57.3 Å². The molecular formula is C14H24IN. The van der Waals surface area contributed by atoms with Gasteiger partial charge in [-0.25, -0.2) is 0 Å². The third kappa shape index (κ3) is 9.21. The van der Waals surface area contributed by atoms with Crippen molar-refractivity contribution in [3.63, 3.8) is 0 Å². The highest BCUT2D eigenvalue weighted by molar-refractivity contribution is 14.1. The minimum absolute atomic E-state index is 0.157. The largest absolute Gasteiger partial charge is 0.198 e. The maximum Gasteiger partial charge on any atom is 0.0653 e. The Morgan fingerprint density at radius 3 is 2.12 bits per heavy atom. The number of nitrogens with zero attached hydrogens (tertiary/aromatic N) is 1. The number of alkyl halides is 1. The van der Waals surface area contributed by atoms with Crippen molar-refractivity contribution in [2.24, 2.45) is 11.3 Å². The molecule has 0 amide bonds. The minimum Gasteiger partial charge on any atom is -0.198 e. The fourth-order valence-corrected chi connectivity index (χ4v) is 1.98. The van der Waals surface area contributed by atoms with E-state index in [4.69, 9.17) is 5.26 Å². The van der Waals surface area contributed by atoms with Gasteiger partial charge in [0.15, 0.2) is 0 Å². The van der Waals surface area contributed by atoms with E-state index in [0.29, 0.717) is 3.42 Å². The van der Waals surface area contributed by atoms with Crippen molar-refractivity contribution in [1.82, 2.24) is 0 Å². The maximum atomic E-state index is 8.81. The van der Waals surface area contributed by atoms with Crippen LogP contribution in [0, 0.1) is 22.7 Å². The molecule has 0 aliphatic heterocycles. The second kappa shape index (κ2) is 6.64. The van der Waals surface area contributed by atoms with Crippen molar-refractivity contribution in [3.05, 3.63) is 12.2 Å². The Morgan fingerprint density at radius 2 is 1.69 bits per heavy atom. The maximum absolute atomic E-state index is 8.81. The van der Waals surface area contributed by atoms with Gasteiger partial charge < -0.3 is 0 Å². The van der Waals surface area contributed by atoms with E-state index in [1.54, 1.807) is 0 Å². The Balaban J connectivity index is 4.05. The normalized spacial score (nSPS) is 15.1. The topological polar surface area (TPSA) is 23.8 Å². The van der Waals surface area contributed by atoms with Crippen LogP contribution in [0.5, 0.6) is 0 Å². The van der Waals surface area contributed by atoms with Gasteiger partial charge in [0.1, 0.15) is 0 Å². The Bertz CT molecular complexity index is 265. The lowest BCUT2D eigenvalue weighted by Crippen LogP contribution is -2.14. The molecule has 0 bridgehead atoms. The van der Waals surface area contributed by atoms with Gasteiger partial charge in [-0.2, -0.15) is 5.26 Å². The number of rotatable bonds is 6. The average Bonchev–Trinajstić information content (AvgIpc) is 2.10. The zero-order chi connectivity index (χ0) is 12.8. The minimum atomic E-state index is 0.157. The molecule has 1 atom stereocenters. The van der Waals surface area contributed by atoms with Crippen molar-refractivity contribution in [2.75, 3.05) is 0 Å². The van der Waals surface area contributed by atoms with Gasteiger partial charge in [0.25, 0.3) is 0 Å². The zero-order valence-corrected chi connectivity index (χ0v) is 13.3. The van der Waals surface area contributed by atoms with Gasteiger partial charge in [0.05, 0.1) is 6.07 Å². The number of hydrogen-bond acceptors (Lipinski definition) is 1. The van der Waals surface area contributed by atoms with Crippen molar-refractivity contribution < 1.29 is 0 Å². The Hall–Kier alpha value is -0.0400. The quantitative estimate of drug-likeness (QED) is 0.376. The van der Waals surface area contributed by atoms with Gasteiger partial charge in [-0.1, -0.05) is 62.4 Å². The molecule has 0 spiro atoms. The lowest BCUT2D eigenvalue weighted by molar-refractivity contribution is 0.307. The van der Waals surface area contributed by atoms with E-state index in [1.807, 2.05) is 6.92 Å². The van der Waals surface area contributed by atoms with Crippen molar-refractivity contribution in [1.29, 1.82) is 5.26 Å². The van der Waals surface area contributed by atoms with E-state index < -0.39 is 0 Å². The zero-order valence-electron chi connectivity index (χ0n) is 11.2. The highest BCUT2D eigenvalue weighted by Gasteiger charge is 2.19. The van der Waals surface area contributed by atoms with Crippen LogP contribution < -0.4 is 0 Å². The predicted octanol–water partition coefficient (Wildman–Crippen LogP) is 5.11. The third-order valence-electron chi connectivity index (χ3n) is 2.52. The second-order valence-corrected chi connectivity index (χ2v) is 8.92. The van der Waals surface area contributed by atoms with E-state index in [1.165, 1.54) is 0 Å². The summed E-state index contributed by atoms with van der Waals surface area (Å²) in [6.07, 6.45) is 7.68. The van der Waals surface area contributed by atoms with Crippen LogP contribution in [0.1, 0.15) is 53.9 Å². The molecule has 0 radical (unpaired) electrons. The summed E-state index contributed by atoms with van der Waals surface area (Å²) in [4.78, 5) is 0. The molecule has 1 unspecified atom stereocenters. The van der Waals surface area contributed by atoms with Gasteiger partial charge >= 0.3 is 0 Å². The summed E-state index contributed by atoms with van der Waals surface area (Å²) in [5, 5.41) is 8.81. The summed E-state index contributed by atoms with van der Waals surface area (Å²) >= 11 is 2.47. The summed E-state index contributed by atoms with van der Waals surface area (Å²) < 4.78 is 0.346. The highest BCUT2D eigenvalue weighted by atomic mass is 127. The SMILES string of the molecule is CC(C#N)CC(C)(C)C/C=C/CC(C)(C)I. The molecule has 0 saturated carbocycles. The molecule has 92 valence electrons. The van der Waals surface area contributed by atoms with E-state index in [-0.39, 0.29) is 11.3 Å². The van der Waals surface area contributed by atoms with Crippen LogP contribution in [-0.2, 0) is 0 Å². The van der Waals surface area contributed by atoms with Crippen molar-refractivity contribution in [3.8, 4) is 6.07 Å². The molecule has 1 nitrogen and oxygen atoms in total. The lowest BCUT2D eigenvalue weighted by atomic mass is 9.81. The molecule has 2 heteroatoms. The Morgan fingerprint density at radius 1 is 1.19 bits per heavy atom. The molecule has 0 aliphatic rings. The van der Waals surface area contributed by atoms with E-state index in [9.17, 15) is 0 Å². The number of halogens is 1. The Kier molecular flexibility index (Phi) is 6.62. The molecule has 0 fully saturated rings. The molecule has 16 heavy (non-hydrogen) atoms. The number of allylic oxidation sites excluding steroid dienone is 2. The number of nitriles is 1. The first-order valence-corrected chi connectivity index (χ1v) is 6.98. The fraction of sp³-hybridized carbons (Fsp3) is 0.786. The van der Waals surface area contributed by atoms with E-state index >= 15 is 0 Å². The summed E-state index contributed by atoms with van der Waals surface area (Å²) in [7, 11) is 0. The molecule has 0 saturated heterocycles. The van der Waals surface area contributed by atoms with Gasteiger partial charge in [-0.15, -0.1) is 0 Å². The van der Waals surface area contributed by atoms with Crippen LogP contribution >= 0.6 is 22.6 Å². The molecule has 0 aromatic carbocycles. The average molecular weight is 333 g/mol. The first-order valence-electron chi connectivity index (χ1n) is 5.90. The monoisotopic (exact) mass is 333 g/mol. The standard InChI is InChI=1S/C14H24IN/c1-12(11-16)10-13(2,3)8-6-7-9-14(4,5)15/h6-7,12H,8-10H2,1-5H3/b7-6+. The van der Waals surface area contributed by atoms with Crippen LogP contribution in [0.25, 0.3) is 0 Å². The van der Waals surface area contributed by atoms with Crippen LogP contribution in [-0.4, -0.2) is 3.42 Å². The summed E-state index contributed by atoms with van der Waals surface area (Å²) in [6, 6.07) is 2.31. The summed E-state index contributed by atoms with van der Waals surface area (Å²) in [5.41, 5.74) is 0.237. The predicted molar refractivity (Wildman–Crippen MR) is 79.6 cm³/mol. The van der Waals surface area contributed by atoms with Gasteiger partial charge in [0.2, 0.25) is 0 Å². The van der Waals surface area contributed by atoms with Crippen LogP contribution in [0.4, 0.5) is 0 Å². The van der Waals surface area contributed by atoms with Crippen LogP contribution in [0.3, 0.4) is 0 Å². The first kappa shape index (κ1) is 16.0. The van der Waals surface area contributed by atoms with Crippen LogP contribution in [0.2, 0.25) is 0 Å². The second-order valence-electron chi connectivity index (χ2n) is 6.00. The fourth-order valence-electron chi connectivity index (χ4n) is 1.72. The van der Waals surface area contributed by atoms with E-state index in [2.05, 4.69) is 68.5 Å². The van der Waals surface area contributed by atoms with Gasteiger partial charge in [-0.05, 0) is 31.6 Å². The Labute approximate surface area is 114 Å². The lowest BCUT2D eigenvalue weighted by Gasteiger charge is -2.24. The third-order valence-corrected chi connectivity index (χ3v) is 2.96. The van der Waals surface area contributed by atoms with E-state index in [0.717, 1.165) is 19.3 Å².